The molecule has 0 aromatic heterocycles. The number of hydrogen-bond donors (Lipinski definition) is 0. The van der Waals surface area contributed by atoms with E-state index < -0.39 is 0 Å². The van der Waals surface area contributed by atoms with Crippen LogP contribution in [0.25, 0.3) is 0 Å². The zero-order valence-corrected chi connectivity index (χ0v) is 14.8. The standard InChI is InChI=1S/C20H24N2S/c1-15-9-10-20-18(12-15)22(14-16-6-5-11-21(2)13-16)17-7-3-4-8-19(17)23-20/h3-4,7-10,12,16H,5-6,11,13-14H2,1-2H3. The topological polar surface area (TPSA) is 6.48 Å². The van der Waals surface area contributed by atoms with Crippen molar-refractivity contribution in [3.63, 3.8) is 0 Å². The second-order valence-electron chi connectivity index (χ2n) is 6.92. The number of benzene rings is 2. The summed E-state index contributed by atoms with van der Waals surface area (Å²) in [7, 11) is 2.25. The number of rotatable bonds is 2. The van der Waals surface area contributed by atoms with Gasteiger partial charge in [0, 0.05) is 22.9 Å². The maximum Gasteiger partial charge on any atom is 0.0555 e. The van der Waals surface area contributed by atoms with E-state index in [1.807, 2.05) is 11.8 Å². The molecule has 23 heavy (non-hydrogen) atoms. The van der Waals surface area contributed by atoms with E-state index in [-0.39, 0.29) is 0 Å². The normalized spacial score (nSPS) is 21.0. The molecular formula is C20H24N2S. The lowest BCUT2D eigenvalue weighted by Crippen LogP contribution is -2.38. The van der Waals surface area contributed by atoms with Crippen molar-refractivity contribution >= 4 is 23.1 Å². The van der Waals surface area contributed by atoms with Gasteiger partial charge >= 0.3 is 0 Å². The van der Waals surface area contributed by atoms with E-state index in [1.165, 1.54) is 52.7 Å². The SMILES string of the molecule is Cc1ccc2c(c1)N(CC1CCCN(C)C1)c1ccccc1S2. The fourth-order valence-electron chi connectivity index (χ4n) is 3.82. The lowest BCUT2D eigenvalue weighted by molar-refractivity contribution is 0.214. The molecular weight excluding hydrogens is 300 g/mol. The molecule has 0 N–H and O–H groups in total. The van der Waals surface area contributed by atoms with Gasteiger partial charge in [-0.2, -0.15) is 0 Å². The molecule has 0 amide bonds. The molecule has 2 nitrogen and oxygen atoms in total. The lowest BCUT2D eigenvalue weighted by atomic mass is 9.97. The van der Waals surface area contributed by atoms with Crippen molar-refractivity contribution in [3.05, 3.63) is 48.0 Å². The maximum atomic E-state index is 2.57. The van der Waals surface area contributed by atoms with Crippen LogP contribution in [0.5, 0.6) is 0 Å². The van der Waals surface area contributed by atoms with Gasteiger partial charge in [-0.05, 0) is 69.1 Å². The first kappa shape index (κ1) is 15.1. The minimum Gasteiger partial charge on any atom is -0.339 e. The van der Waals surface area contributed by atoms with Crippen molar-refractivity contribution in [2.75, 3.05) is 31.6 Å². The summed E-state index contributed by atoms with van der Waals surface area (Å²) in [6.45, 7) is 5.78. The number of fused-ring (bicyclic) bond motifs is 2. The van der Waals surface area contributed by atoms with Crippen molar-refractivity contribution in [2.24, 2.45) is 5.92 Å². The van der Waals surface area contributed by atoms with Crippen LogP contribution in [0.3, 0.4) is 0 Å². The van der Waals surface area contributed by atoms with Gasteiger partial charge in [0.2, 0.25) is 0 Å². The number of likely N-dealkylation sites (tertiary alicyclic amines) is 1. The molecule has 1 atom stereocenters. The quantitative estimate of drug-likeness (QED) is 0.772. The van der Waals surface area contributed by atoms with Crippen LogP contribution in [0, 0.1) is 12.8 Å². The first-order chi connectivity index (χ1) is 11.2. The third-order valence-corrected chi connectivity index (χ3v) is 6.07. The monoisotopic (exact) mass is 324 g/mol. The average molecular weight is 324 g/mol. The molecule has 0 bridgehead atoms. The summed E-state index contributed by atoms with van der Waals surface area (Å²) in [5.74, 6) is 0.748. The minimum absolute atomic E-state index is 0.748. The molecule has 2 heterocycles. The van der Waals surface area contributed by atoms with E-state index in [4.69, 9.17) is 0 Å². The highest BCUT2D eigenvalue weighted by atomic mass is 32.2. The number of anilines is 2. The van der Waals surface area contributed by atoms with Crippen LogP contribution in [-0.4, -0.2) is 31.6 Å². The first-order valence-corrected chi connectivity index (χ1v) is 9.36. The molecule has 120 valence electrons. The van der Waals surface area contributed by atoms with Gasteiger partial charge in [-0.15, -0.1) is 0 Å². The second-order valence-corrected chi connectivity index (χ2v) is 8.01. The Morgan fingerprint density at radius 1 is 1.09 bits per heavy atom. The molecule has 2 aliphatic rings. The summed E-state index contributed by atoms with van der Waals surface area (Å²) >= 11 is 1.91. The van der Waals surface area contributed by atoms with Gasteiger partial charge in [0.1, 0.15) is 0 Å². The Balaban J connectivity index is 1.71. The molecule has 0 saturated carbocycles. The smallest absolute Gasteiger partial charge is 0.0555 e. The zero-order chi connectivity index (χ0) is 15.8. The van der Waals surface area contributed by atoms with Gasteiger partial charge in [-0.25, -0.2) is 0 Å². The van der Waals surface area contributed by atoms with Crippen molar-refractivity contribution in [1.82, 2.24) is 4.90 Å². The van der Waals surface area contributed by atoms with Gasteiger partial charge in [0.15, 0.2) is 0 Å². The highest BCUT2D eigenvalue weighted by Gasteiger charge is 2.27. The number of aryl methyl sites for hydroxylation is 1. The van der Waals surface area contributed by atoms with Gasteiger partial charge in [0.05, 0.1) is 11.4 Å². The van der Waals surface area contributed by atoms with Crippen molar-refractivity contribution in [2.45, 2.75) is 29.6 Å². The molecule has 0 spiro atoms. The molecule has 1 fully saturated rings. The summed E-state index contributed by atoms with van der Waals surface area (Å²) in [5, 5.41) is 0. The Morgan fingerprint density at radius 2 is 1.91 bits per heavy atom. The van der Waals surface area contributed by atoms with Crippen LogP contribution in [0.1, 0.15) is 18.4 Å². The largest absolute Gasteiger partial charge is 0.339 e. The van der Waals surface area contributed by atoms with E-state index in [1.54, 1.807) is 0 Å². The highest BCUT2D eigenvalue weighted by Crippen LogP contribution is 2.48. The number of hydrogen-bond acceptors (Lipinski definition) is 3. The molecule has 1 unspecified atom stereocenters. The summed E-state index contributed by atoms with van der Waals surface area (Å²) < 4.78 is 0. The average Bonchev–Trinajstić information content (AvgIpc) is 2.55. The zero-order valence-electron chi connectivity index (χ0n) is 14.0. The van der Waals surface area contributed by atoms with Crippen LogP contribution in [-0.2, 0) is 0 Å². The molecule has 2 aromatic carbocycles. The number of para-hydroxylation sites is 1. The summed E-state index contributed by atoms with van der Waals surface area (Å²) in [4.78, 5) is 7.82. The Hall–Kier alpha value is -1.45. The molecule has 0 aliphatic carbocycles. The van der Waals surface area contributed by atoms with Gasteiger partial charge < -0.3 is 9.80 Å². The van der Waals surface area contributed by atoms with Crippen LogP contribution < -0.4 is 4.90 Å². The lowest BCUT2D eigenvalue weighted by Gasteiger charge is -2.38. The Kier molecular flexibility index (Phi) is 4.08. The Bertz CT molecular complexity index is 713. The molecule has 2 aromatic rings. The van der Waals surface area contributed by atoms with Crippen molar-refractivity contribution < 1.29 is 0 Å². The number of piperidine rings is 1. The Morgan fingerprint density at radius 3 is 2.78 bits per heavy atom. The third kappa shape index (κ3) is 3.00. The fraction of sp³-hybridized carbons (Fsp3) is 0.400. The first-order valence-electron chi connectivity index (χ1n) is 8.54. The van der Waals surface area contributed by atoms with Crippen molar-refractivity contribution in [1.29, 1.82) is 0 Å². The highest BCUT2D eigenvalue weighted by molar-refractivity contribution is 7.99. The Labute approximate surface area is 143 Å². The predicted molar refractivity (Wildman–Crippen MR) is 99.0 cm³/mol. The molecule has 2 aliphatic heterocycles. The summed E-state index contributed by atoms with van der Waals surface area (Å²) in [6, 6.07) is 15.7. The minimum atomic E-state index is 0.748. The van der Waals surface area contributed by atoms with Gasteiger partial charge in [-0.1, -0.05) is 30.0 Å². The van der Waals surface area contributed by atoms with Crippen LogP contribution in [0.2, 0.25) is 0 Å². The molecule has 3 heteroatoms. The van der Waals surface area contributed by atoms with E-state index in [9.17, 15) is 0 Å². The second kappa shape index (κ2) is 6.21. The van der Waals surface area contributed by atoms with E-state index in [0.29, 0.717) is 0 Å². The summed E-state index contributed by atoms with van der Waals surface area (Å²) in [6.07, 6.45) is 2.67. The van der Waals surface area contributed by atoms with Gasteiger partial charge in [-0.3, -0.25) is 0 Å². The summed E-state index contributed by atoms with van der Waals surface area (Å²) in [5.41, 5.74) is 4.11. The van der Waals surface area contributed by atoms with Crippen LogP contribution >= 0.6 is 11.8 Å². The molecule has 1 saturated heterocycles. The molecule has 0 radical (unpaired) electrons. The fourth-order valence-corrected chi connectivity index (χ4v) is 4.89. The molecule has 4 rings (SSSR count). The van der Waals surface area contributed by atoms with E-state index in [2.05, 4.69) is 66.2 Å². The van der Waals surface area contributed by atoms with Crippen LogP contribution in [0.15, 0.2) is 52.3 Å². The third-order valence-electron chi connectivity index (χ3n) is 4.94. The van der Waals surface area contributed by atoms with Gasteiger partial charge in [0.25, 0.3) is 0 Å². The van der Waals surface area contributed by atoms with E-state index in [0.717, 1.165) is 12.5 Å². The van der Waals surface area contributed by atoms with Crippen LogP contribution in [0.4, 0.5) is 11.4 Å². The number of nitrogens with zero attached hydrogens (tertiary/aromatic N) is 2. The maximum absolute atomic E-state index is 2.57. The van der Waals surface area contributed by atoms with E-state index >= 15 is 0 Å². The predicted octanol–water partition coefficient (Wildman–Crippen LogP) is 4.94. The van der Waals surface area contributed by atoms with Crippen molar-refractivity contribution in [3.8, 4) is 0 Å².